The highest BCUT2D eigenvalue weighted by atomic mass is 16.6. The number of aliphatic hydroxyl groups is 1. The summed E-state index contributed by atoms with van der Waals surface area (Å²) in [5.74, 6) is -2.67. The molecule has 206 valence electrons. The Morgan fingerprint density at radius 2 is 2.08 bits per heavy atom. The van der Waals surface area contributed by atoms with Gasteiger partial charge in [-0.15, -0.1) is 13.2 Å². The van der Waals surface area contributed by atoms with Gasteiger partial charge >= 0.3 is 5.97 Å². The van der Waals surface area contributed by atoms with E-state index in [2.05, 4.69) is 13.2 Å². The number of carbonyl (C=O) groups excluding carboxylic acids is 3. The van der Waals surface area contributed by atoms with E-state index in [1.165, 1.54) is 4.90 Å². The van der Waals surface area contributed by atoms with Gasteiger partial charge in [0.1, 0.15) is 11.6 Å². The summed E-state index contributed by atoms with van der Waals surface area (Å²) >= 11 is 0. The molecule has 4 rings (SSSR count). The molecule has 3 aliphatic heterocycles. The number of amides is 2. The smallest absolute Gasteiger partial charge is 0.312 e. The van der Waals surface area contributed by atoms with Crippen molar-refractivity contribution in [2.24, 2.45) is 11.8 Å². The monoisotopic (exact) mass is 524 g/mol. The van der Waals surface area contributed by atoms with Gasteiger partial charge < -0.3 is 24.4 Å². The number of ether oxygens (including phenoxy) is 2. The average Bonchev–Trinajstić information content (AvgIpc) is 3.55. The van der Waals surface area contributed by atoms with Gasteiger partial charge in [0.05, 0.1) is 37.2 Å². The summed E-state index contributed by atoms with van der Waals surface area (Å²) in [6, 6.07) is 4.35. The van der Waals surface area contributed by atoms with Crippen molar-refractivity contribution in [3.8, 4) is 0 Å². The number of hydrogen-bond acceptors (Lipinski definition) is 6. The highest BCUT2D eigenvalue weighted by Crippen LogP contribution is 2.59. The first kappa shape index (κ1) is 28.0. The van der Waals surface area contributed by atoms with Crippen molar-refractivity contribution >= 4 is 23.5 Å². The van der Waals surface area contributed by atoms with Gasteiger partial charge in [0.2, 0.25) is 5.91 Å². The van der Waals surface area contributed by atoms with Gasteiger partial charge in [0.25, 0.3) is 5.91 Å². The lowest BCUT2D eigenvalue weighted by molar-refractivity contribution is -0.155. The maximum atomic E-state index is 14.5. The van der Waals surface area contributed by atoms with Gasteiger partial charge in [-0.1, -0.05) is 31.2 Å². The fourth-order valence-corrected chi connectivity index (χ4v) is 6.54. The first-order chi connectivity index (χ1) is 18.2. The summed E-state index contributed by atoms with van der Waals surface area (Å²) in [5, 5.41) is 10.2. The van der Waals surface area contributed by atoms with Crippen molar-refractivity contribution in [1.82, 2.24) is 4.90 Å². The number of allylic oxidation sites excluding steroid dienone is 1. The van der Waals surface area contributed by atoms with Crippen LogP contribution in [0.1, 0.15) is 50.2 Å². The van der Waals surface area contributed by atoms with Crippen LogP contribution >= 0.6 is 0 Å². The van der Waals surface area contributed by atoms with Crippen molar-refractivity contribution in [1.29, 1.82) is 0 Å². The molecule has 1 N–H and O–H groups in total. The van der Waals surface area contributed by atoms with Crippen LogP contribution in [0.2, 0.25) is 0 Å². The lowest BCUT2D eigenvalue weighted by Gasteiger charge is -2.39. The molecule has 8 heteroatoms. The Morgan fingerprint density at radius 3 is 2.74 bits per heavy atom. The molecule has 2 bridgehead atoms. The third-order valence-corrected chi connectivity index (χ3v) is 8.35. The summed E-state index contributed by atoms with van der Waals surface area (Å²) in [6.07, 6.45) is 5.83. The second kappa shape index (κ2) is 11.4. The zero-order chi connectivity index (χ0) is 27.6. The maximum Gasteiger partial charge on any atom is 0.312 e. The number of aliphatic hydroxyl groups excluding tert-OH is 1. The molecule has 3 aliphatic rings. The van der Waals surface area contributed by atoms with Crippen LogP contribution in [0.25, 0.3) is 0 Å². The highest BCUT2D eigenvalue weighted by molar-refractivity contribution is 6.05. The lowest BCUT2D eigenvalue weighted by atomic mass is 9.70. The summed E-state index contributed by atoms with van der Waals surface area (Å²) in [7, 11) is 0. The van der Waals surface area contributed by atoms with Crippen LogP contribution in [0.15, 0.2) is 43.5 Å². The van der Waals surface area contributed by atoms with Gasteiger partial charge in [-0.05, 0) is 63.1 Å². The van der Waals surface area contributed by atoms with E-state index in [0.29, 0.717) is 25.7 Å². The van der Waals surface area contributed by atoms with Crippen molar-refractivity contribution in [3.63, 3.8) is 0 Å². The second-order valence-corrected chi connectivity index (χ2v) is 10.7. The Labute approximate surface area is 225 Å². The molecule has 0 radical (unpaired) electrons. The minimum atomic E-state index is -1.15. The SMILES string of the molecule is C=CCCCOC(=O)[C@@H]1[C@H]2C(=O)N([C@@H](CC)CO)C(C(=O)N(CC=C)c3cc(C)ccc3C)C23CC[C@H]1O3. The molecule has 0 saturated carbocycles. The largest absolute Gasteiger partial charge is 0.465 e. The van der Waals surface area contributed by atoms with Crippen molar-refractivity contribution in [2.45, 2.75) is 76.7 Å². The van der Waals surface area contributed by atoms with Crippen LogP contribution in [0.4, 0.5) is 5.69 Å². The molecule has 1 spiro atoms. The van der Waals surface area contributed by atoms with Crippen LogP contribution in [-0.2, 0) is 23.9 Å². The Morgan fingerprint density at radius 1 is 1.32 bits per heavy atom. The van der Waals surface area contributed by atoms with E-state index in [-0.39, 0.29) is 31.6 Å². The van der Waals surface area contributed by atoms with E-state index in [0.717, 1.165) is 23.2 Å². The average molecular weight is 525 g/mol. The Bertz CT molecular complexity index is 1100. The lowest BCUT2D eigenvalue weighted by Crippen LogP contribution is -2.59. The third kappa shape index (κ3) is 4.58. The molecule has 0 aliphatic carbocycles. The van der Waals surface area contributed by atoms with E-state index < -0.39 is 41.6 Å². The number of fused-ring (bicyclic) bond motifs is 1. The number of aryl methyl sites for hydroxylation is 2. The van der Waals surface area contributed by atoms with Crippen molar-refractivity contribution in [3.05, 3.63) is 54.6 Å². The number of benzene rings is 1. The molecule has 2 unspecified atom stereocenters. The molecule has 8 nitrogen and oxygen atoms in total. The van der Waals surface area contributed by atoms with Crippen molar-refractivity contribution < 1.29 is 29.0 Å². The quantitative estimate of drug-likeness (QED) is 0.256. The molecule has 38 heavy (non-hydrogen) atoms. The number of esters is 1. The van der Waals surface area contributed by atoms with E-state index in [1.807, 2.05) is 39.0 Å². The third-order valence-electron chi connectivity index (χ3n) is 8.35. The number of anilines is 1. The Hall–Kier alpha value is -2.97. The van der Waals surface area contributed by atoms with E-state index in [9.17, 15) is 19.5 Å². The number of unbranched alkanes of at least 4 members (excludes halogenated alkanes) is 1. The standard InChI is InChI=1S/C30H40N2O6/c1-6-9-10-16-37-29(36)24-23-13-14-30(38-23)25(24)27(34)32(21(8-3)18-33)26(30)28(35)31(15-7-2)22-17-19(4)11-12-20(22)5/h6-7,11-12,17,21,23-26,33H,1-2,8-10,13-16,18H2,3-5H3/t21-,23+,24-,25-,26?,30?/m0/s1. The fourth-order valence-electron chi connectivity index (χ4n) is 6.54. The predicted molar refractivity (Wildman–Crippen MR) is 144 cm³/mol. The van der Waals surface area contributed by atoms with Crippen LogP contribution < -0.4 is 4.90 Å². The van der Waals surface area contributed by atoms with E-state index in [1.54, 1.807) is 17.1 Å². The Balaban J connectivity index is 1.75. The van der Waals surface area contributed by atoms with E-state index in [4.69, 9.17) is 9.47 Å². The van der Waals surface area contributed by atoms with E-state index >= 15 is 0 Å². The molecular weight excluding hydrogens is 484 g/mol. The normalized spacial score (nSPS) is 28.2. The molecule has 0 aromatic heterocycles. The van der Waals surface area contributed by atoms with Crippen molar-refractivity contribution in [2.75, 3.05) is 24.7 Å². The minimum absolute atomic E-state index is 0.238. The number of rotatable bonds is 12. The summed E-state index contributed by atoms with van der Waals surface area (Å²) in [4.78, 5) is 45.1. The molecule has 1 aromatic carbocycles. The minimum Gasteiger partial charge on any atom is -0.465 e. The molecule has 1 aromatic rings. The zero-order valence-corrected chi connectivity index (χ0v) is 22.7. The molecule has 6 atom stereocenters. The predicted octanol–water partition coefficient (Wildman–Crippen LogP) is 3.48. The number of hydrogen-bond donors (Lipinski definition) is 1. The summed E-state index contributed by atoms with van der Waals surface area (Å²) in [5.41, 5.74) is 1.51. The maximum absolute atomic E-state index is 14.5. The highest BCUT2D eigenvalue weighted by Gasteiger charge is 2.75. The number of nitrogens with zero attached hydrogens (tertiary/aromatic N) is 2. The zero-order valence-electron chi connectivity index (χ0n) is 22.7. The molecule has 3 fully saturated rings. The fraction of sp³-hybridized carbons (Fsp3) is 0.567. The molecule has 2 amide bonds. The Kier molecular flexibility index (Phi) is 8.43. The van der Waals surface area contributed by atoms with Crippen LogP contribution in [-0.4, -0.2) is 71.3 Å². The van der Waals surface area contributed by atoms with Gasteiger partial charge in [-0.3, -0.25) is 14.4 Å². The van der Waals surface area contributed by atoms with Gasteiger partial charge in [0, 0.05) is 12.2 Å². The van der Waals surface area contributed by atoms with Gasteiger partial charge in [-0.25, -0.2) is 0 Å². The topological polar surface area (TPSA) is 96.4 Å². The first-order valence-corrected chi connectivity index (χ1v) is 13.6. The molecule has 3 saturated heterocycles. The molecular formula is C30H40N2O6. The summed E-state index contributed by atoms with van der Waals surface area (Å²) in [6.45, 7) is 13.5. The van der Waals surface area contributed by atoms with Gasteiger partial charge in [0.15, 0.2) is 0 Å². The van der Waals surface area contributed by atoms with Crippen LogP contribution in [0, 0.1) is 25.7 Å². The van der Waals surface area contributed by atoms with Crippen LogP contribution in [0.3, 0.4) is 0 Å². The number of carbonyl (C=O) groups is 3. The van der Waals surface area contributed by atoms with Gasteiger partial charge in [-0.2, -0.15) is 0 Å². The second-order valence-electron chi connectivity index (χ2n) is 10.7. The number of likely N-dealkylation sites (tertiary alicyclic amines) is 1. The first-order valence-electron chi connectivity index (χ1n) is 13.6. The molecule has 3 heterocycles. The van der Waals surface area contributed by atoms with Crippen LogP contribution in [0.5, 0.6) is 0 Å². The summed E-state index contributed by atoms with van der Waals surface area (Å²) < 4.78 is 12.1.